The van der Waals surface area contributed by atoms with E-state index in [4.69, 9.17) is 14.2 Å². The molecule has 1 amide bonds. The topological polar surface area (TPSA) is 48.0 Å². The Bertz CT molecular complexity index is 685. The summed E-state index contributed by atoms with van der Waals surface area (Å²) < 4.78 is 16.0. The summed E-state index contributed by atoms with van der Waals surface area (Å²) in [5, 5.41) is 0. The largest absolute Gasteiger partial charge is 0.493 e. The van der Waals surface area contributed by atoms with Gasteiger partial charge in [0.25, 0.3) is 5.91 Å². The van der Waals surface area contributed by atoms with E-state index in [0.717, 1.165) is 11.1 Å². The minimum absolute atomic E-state index is 0.0382. The molecule has 0 fully saturated rings. The van der Waals surface area contributed by atoms with E-state index in [-0.39, 0.29) is 5.91 Å². The van der Waals surface area contributed by atoms with Gasteiger partial charge < -0.3 is 19.1 Å². The summed E-state index contributed by atoms with van der Waals surface area (Å²) in [6, 6.07) is 11.2. The summed E-state index contributed by atoms with van der Waals surface area (Å²) in [5.74, 6) is 1.64. The van der Waals surface area contributed by atoms with Crippen molar-refractivity contribution in [2.45, 2.75) is 13.5 Å². The first-order chi connectivity index (χ1) is 11.5. The number of methoxy groups -OCH3 is 3. The number of nitrogens with zero attached hydrogens (tertiary/aromatic N) is 1. The van der Waals surface area contributed by atoms with Gasteiger partial charge in [-0.25, -0.2) is 0 Å². The van der Waals surface area contributed by atoms with E-state index in [0.29, 0.717) is 29.4 Å². The molecule has 2 rings (SSSR count). The predicted molar refractivity (Wildman–Crippen MR) is 93.1 cm³/mol. The van der Waals surface area contributed by atoms with Crippen LogP contribution in [0.1, 0.15) is 21.5 Å². The molecule has 0 atom stereocenters. The van der Waals surface area contributed by atoms with Crippen molar-refractivity contribution in [3.63, 3.8) is 0 Å². The standard InChI is InChI=1S/C19H23NO4/c1-13-6-8-15(9-7-13)19(21)20(2)12-14-10-16(22-3)18(24-5)17(11-14)23-4/h6-11H,12H2,1-5H3. The van der Waals surface area contributed by atoms with Gasteiger partial charge in [0.1, 0.15) is 0 Å². The zero-order valence-corrected chi connectivity index (χ0v) is 14.8. The highest BCUT2D eigenvalue weighted by Crippen LogP contribution is 2.38. The Morgan fingerprint density at radius 3 is 1.96 bits per heavy atom. The molecule has 0 aliphatic rings. The maximum absolute atomic E-state index is 12.5. The number of aryl methyl sites for hydroxylation is 1. The number of hydrogen-bond acceptors (Lipinski definition) is 4. The third kappa shape index (κ3) is 3.79. The molecule has 0 aliphatic carbocycles. The summed E-state index contributed by atoms with van der Waals surface area (Å²) in [4.78, 5) is 14.2. The second kappa shape index (κ2) is 7.73. The average molecular weight is 329 g/mol. The second-order valence-corrected chi connectivity index (χ2v) is 5.56. The van der Waals surface area contributed by atoms with E-state index >= 15 is 0 Å². The quantitative estimate of drug-likeness (QED) is 0.816. The molecule has 0 aromatic heterocycles. The van der Waals surface area contributed by atoms with Crippen molar-refractivity contribution in [1.29, 1.82) is 0 Å². The van der Waals surface area contributed by atoms with Crippen molar-refractivity contribution in [2.24, 2.45) is 0 Å². The van der Waals surface area contributed by atoms with Gasteiger partial charge >= 0.3 is 0 Å². The van der Waals surface area contributed by atoms with Gasteiger partial charge in [-0.3, -0.25) is 4.79 Å². The first-order valence-corrected chi connectivity index (χ1v) is 7.61. The molecule has 0 N–H and O–H groups in total. The molecule has 2 aromatic rings. The highest BCUT2D eigenvalue weighted by Gasteiger charge is 2.16. The third-order valence-corrected chi connectivity index (χ3v) is 3.79. The Labute approximate surface area is 142 Å². The van der Waals surface area contributed by atoms with Crippen molar-refractivity contribution in [3.05, 3.63) is 53.1 Å². The van der Waals surface area contributed by atoms with Crippen LogP contribution in [0, 0.1) is 6.92 Å². The number of carbonyl (C=O) groups is 1. The van der Waals surface area contributed by atoms with Crippen LogP contribution in [0.15, 0.2) is 36.4 Å². The molecule has 128 valence electrons. The molecule has 0 spiro atoms. The highest BCUT2D eigenvalue weighted by atomic mass is 16.5. The van der Waals surface area contributed by atoms with Gasteiger partial charge in [-0.1, -0.05) is 17.7 Å². The molecule has 5 heteroatoms. The van der Waals surface area contributed by atoms with Crippen molar-refractivity contribution in [1.82, 2.24) is 4.90 Å². The summed E-state index contributed by atoms with van der Waals surface area (Å²) in [6.07, 6.45) is 0. The van der Waals surface area contributed by atoms with E-state index in [1.807, 2.05) is 43.3 Å². The molecule has 0 saturated heterocycles. The van der Waals surface area contributed by atoms with Crippen LogP contribution in [0.4, 0.5) is 0 Å². The Morgan fingerprint density at radius 1 is 0.958 bits per heavy atom. The average Bonchev–Trinajstić information content (AvgIpc) is 2.60. The number of benzene rings is 2. The number of hydrogen-bond donors (Lipinski definition) is 0. The molecular formula is C19H23NO4. The van der Waals surface area contributed by atoms with Crippen LogP contribution >= 0.6 is 0 Å². The lowest BCUT2D eigenvalue weighted by molar-refractivity contribution is 0.0785. The summed E-state index contributed by atoms with van der Waals surface area (Å²) >= 11 is 0. The highest BCUT2D eigenvalue weighted by molar-refractivity contribution is 5.94. The Morgan fingerprint density at radius 2 is 1.50 bits per heavy atom. The van der Waals surface area contributed by atoms with Crippen LogP contribution < -0.4 is 14.2 Å². The van der Waals surface area contributed by atoms with Gasteiger partial charge in [0.2, 0.25) is 5.75 Å². The van der Waals surface area contributed by atoms with Crippen LogP contribution in [-0.2, 0) is 6.54 Å². The fourth-order valence-electron chi connectivity index (χ4n) is 2.49. The zero-order valence-electron chi connectivity index (χ0n) is 14.8. The minimum atomic E-state index is -0.0382. The molecule has 5 nitrogen and oxygen atoms in total. The van der Waals surface area contributed by atoms with Crippen molar-refractivity contribution in [3.8, 4) is 17.2 Å². The van der Waals surface area contributed by atoms with Gasteiger partial charge in [-0.2, -0.15) is 0 Å². The Balaban J connectivity index is 2.23. The molecule has 24 heavy (non-hydrogen) atoms. The smallest absolute Gasteiger partial charge is 0.253 e. The van der Waals surface area contributed by atoms with Crippen LogP contribution in [0.25, 0.3) is 0 Å². The first kappa shape index (κ1) is 17.7. The van der Waals surface area contributed by atoms with Gasteiger partial charge in [-0.05, 0) is 36.8 Å². The second-order valence-electron chi connectivity index (χ2n) is 5.56. The lowest BCUT2D eigenvalue weighted by Gasteiger charge is -2.19. The van der Waals surface area contributed by atoms with Crippen molar-refractivity contribution in [2.75, 3.05) is 28.4 Å². The van der Waals surface area contributed by atoms with Crippen molar-refractivity contribution < 1.29 is 19.0 Å². The maximum atomic E-state index is 12.5. The van der Waals surface area contributed by atoms with E-state index < -0.39 is 0 Å². The molecule has 0 heterocycles. The third-order valence-electron chi connectivity index (χ3n) is 3.79. The van der Waals surface area contributed by atoms with Crippen LogP contribution in [-0.4, -0.2) is 39.2 Å². The Hall–Kier alpha value is -2.69. The van der Waals surface area contributed by atoms with E-state index in [1.165, 1.54) is 0 Å². The number of rotatable bonds is 6. The SMILES string of the molecule is COc1cc(CN(C)C(=O)c2ccc(C)cc2)cc(OC)c1OC. The van der Waals surface area contributed by atoms with E-state index in [1.54, 1.807) is 33.3 Å². The number of ether oxygens (including phenoxy) is 3. The minimum Gasteiger partial charge on any atom is -0.493 e. The summed E-state index contributed by atoms with van der Waals surface area (Å²) in [7, 11) is 6.48. The molecule has 0 radical (unpaired) electrons. The summed E-state index contributed by atoms with van der Waals surface area (Å²) in [6.45, 7) is 2.43. The van der Waals surface area contributed by atoms with E-state index in [2.05, 4.69) is 0 Å². The van der Waals surface area contributed by atoms with Crippen molar-refractivity contribution >= 4 is 5.91 Å². The molecule has 0 saturated carbocycles. The fourth-order valence-corrected chi connectivity index (χ4v) is 2.49. The molecule has 0 aliphatic heterocycles. The van der Waals surface area contributed by atoms with Crippen LogP contribution in [0.2, 0.25) is 0 Å². The molecular weight excluding hydrogens is 306 g/mol. The first-order valence-electron chi connectivity index (χ1n) is 7.61. The zero-order chi connectivity index (χ0) is 17.7. The van der Waals surface area contributed by atoms with Gasteiger partial charge in [0.15, 0.2) is 11.5 Å². The lowest BCUT2D eigenvalue weighted by atomic mass is 10.1. The monoisotopic (exact) mass is 329 g/mol. The Kier molecular flexibility index (Phi) is 5.68. The lowest BCUT2D eigenvalue weighted by Crippen LogP contribution is -2.26. The normalized spacial score (nSPS) is 10.2. The van der Waals surface area contributed by atoms with Crippen LogP contribution in [0.3, 0.4) is 0 Å². The van der Waals surface area contributed by atoms with Gasteiger partial charge in [0, 0.05) is 19.2 Å². The van der Waals surface area contributed by atoms with Gasteiger partial charge in [-0.15, -0.1) is 0 Å². The molecule has 0 unspecified atom stereocenters. The van der Waals surface area contributed by atoms with Gasteiger partial charge in [0.05, 0.1) is 21.3 Å². The number of amides is 1. The molecule has 2 aromatic carbocycles. The maximum Gasteiger partial charge on any atom is 0.253 e. The fraction of sp³-hybridized carbons (Fsp3) is 0.316. The number of carbonyl (C=O) groups excluding carboxylic acids is 1. The molecule has 0 bridgehead atoms. The van der Waals surface area contributed by atoms with Crippen LogP contribution in [0.5, 0.6) is 17.2 Å². The predicted octanol–water partition coefficient (Wildman–Crippen LogP) is 3.29. The summed E-state index contributed by atoms with van der Waals surface area (Å²) in [5.41, 5.74) is 2.68. The van der Waals surface area contributed by atoms with E-state index in [9.17, 15) is 4.79 Å².